The van der Waals surface area contributed by atoms with Crippen molar-refractivity contribution in [3.63, 3.8) is 0 Å². The Bertz CT molecular complexity index is 384. The lowest BCUT2D eigenvalue weighted by Crippen LogP contribution is -2.30. The molecule has 4 heteroatoms. The maximum Gasteiger partial charge on any atom is 0.124 e. The molecule has 0 heterocycles. The third-order valence-electron chi connectivity index (χ3n) is 3.65. The van der Waals surface area contributed by atoms with E-state index in [-0.39, 0.29) is 11.9 Å². The molecule has 108 valence electrons. The van der Waals surface area contributed by atoms with Crippen LogP contribution in [0.1, 0.15) is 57.6 Å². The first kappa shape index (κ1) is 16.4. The number of rotatable bonds is 8. The molecule has 0 aromatic heterocycles. The molecule has 0 saturated carbocycles. The maximum absolute atomic E-state index is 13.1. The monoisotopic (exact) mass is 286 g/mol. The van der Waals surface area contributed by atoms with Gasteiger partial charge in [-0.05, 0) is 30.0 Å². The summed E-state index contributed by atoms with van der Waals surface area (Å²) in [5, 5.41) is 0.438. The quantitative estimate of drug-likeness (QED) is 0.542. The molecule has 0 aliphatic carbocycles. The molecular formula is C15H24ClFN2. The second-order valence-electron chi connectivity index (χ2n) is 5.04. The van der Waals surface area contributed by atoms with Crippen molar-refractivity contribution in [3.8, 4) is 0 Å². The Kier molecular flexibility index (Phi) is 7.36. The fourth-order valence-electron chi connectivity index (χ4n) is 2.38. The van der Waals surface area contributed by atoms with Crippen molar-refractivity contribution in [2.75, 3.05) is 0 Å². The summed E-state index contributed by atoms with van der Waals surface area (Å²) in [6.07, 6.45) is 5.68. The largest absolute Gasteiger partial charge is 0.271 e. The van der Waals surface area contributed by atoms with Crippen LogP contribution in [0.4, 0.5) is 4.39 Å². The van der Waals surface area contributed by atoms with Crippen molar-refractivity contribution in [2.24, 2.45) is 11.8 Å². The van der Waals surface area contributed by atoms with Crippen molar-refractivity contribution in [3.05, 3.63) is 34.6 Å². The second-order valence-corrected chi connectivity index (χ2v) is 5.44. The summed E-state index contributed by atoms with van der Waals surface area (Å²) in [4.78, 5) is 0. The van der Waals surface area contributed by atoms with E-state index in [2.05, 4.69) is 19.3 Å². The molecule has 1 rings (SSSR count). The Balaban J connectivity index is 2.76. The fraction of sp³-hybridized carbons (Fsp3) is 0.600. The number of halogens is 2. The van der Waals surface area contributed by atoms with Crippen molar-refractivity contribution in [1.82, 2.24) is 5.43 Å². The topological polar surface area (TPSA) is 38.0 Å². The highest BCUT2D eigenvalue weighted by molar-refractivity contribution is 6.31. The fourth-order valence-corrected chi connectivity index (χ4v) is 2.68. The zero-order valence-corrected chi connectivity index (χ0v) is 12.5. The predicted molar refractivity (Wildman–Crippen MR) is 79.4 cm³/mol. The van der Waals surface area contributed by atoms with Crippen LogP contribution in [0.15, 0.2) is 18.2 Å². The molecule has 19 heavy (non-hydrogen) atoms. The number of hydrogen-bond donors (Lipinski definition) is 2. The van der Waals surface area contributed by atoms with Gasteiger partial charge in [0.05, 0.1) is 0 Å². The van der Waals surface area contributed by atoms with E-state index < -0.39 is 0 Å². The minimum Gasteiger partial charge on any atom is -0.271 e. The first-order valence-electron chi connectivity index (χ1n) is 7.03. The van der Waals surface area contributed by atoms with Crippen molar-refractivity contribution < 1.29 is 4.39 Å². The molecule has 1 aromatic carbocycles. The van der Waals surface area contributed by atoms with Gasteiger partial charge in [0.25, 0.3) is 0 Å². The maximum atomic E-state index is 13.1. The van der Waals surface area contributed by atoms with E-state index >= 15 is 0 Å². The Morgan fingerprint density at radius 2 is 2.11 bits per heavy atom. The molecule has 0 saturated heterocycles. The van der Waals surface area contributed by atoms with E-state index in [0.29, 0.717) is 10.9 Å². The van der Waals surface area contributed by atoms with Gasteiger partial charge in [0, 0.05) is 11.1 Å². The Morgan fingerprint density at radius 3 is 2.63 bits per heavy atom. The molecule has 1 aromatic rings. The number of nitrogens with two attached hydrogens (primary N) is 1. The van der Waals surface area contributed by atoms with E-state index in [1.807, 2.05) is 0 Å². The van der Waals surface area contributed by atoms with Gasteiger partial charge in [-0.15, -0.1) is 0 Å². The van der Waals surface area contributed by atoms with Crippen LogP contribution in [0.25, 0.3) is 0 Å². The minimum atomic E-state index is -0.317. The molecule has 0 amide bonds. The smallest absolute Gasteiger partial charge is 0.124 e. The summed E-state index contributed by atoms with van der Waals surface area (Å²) in [5.74, 6) is 5.94. The van der Waals surface area contributed by atoms with Crippen LogP contribution in [0.5, 0.6) is 0 Å². The zero-order valence-electron chi connectivity index (χ0n) is 11.8. The average molecular weight is 287 g/mol. The molecule has 0 fully saturated rings. The highest BCUT2D eigenvalue weighted by Gasteiger charge is 2.18. The number of hydrogen-bond acceptors (Lipinski definition) is 2. The van der Waals surface area contributed by atoms with Crippen LogP contribution in [0.3, 0.4) is 0 Å². The molecule has 2 nitrogen and oxygen atoms in total. The van der Waals surface area contributed by atoms with Gasteiger partial charge in [-0.25, -0.2) is 4.39 Å². The lowest BCUT2D eigenvalue weighted by molar-refractivity contribution is 0.356. The molecular weight excluding hydrogens is 263 g/mol. The van der Waals surface area contributed by atoms with E-state index in [1.165, 1.54) is 31.4 Å². The lowest BCUT2D eigenvalue weighted by atomic mass is 9.89. The van der Waals surface area contributed by atoms with Crippen LogP contribution in [0.2, 0.25) is 5.02 Å². The summed E-state index contributed by atoms with van der Waals surface area (Å²) in [6, 6.07) is 4.47. The van der Waals surface area contributed by atoms with Gasteiger partial charge in [-0.1, -0.05) is 57.2 Å². The van der Waals surface area contributed by atoms with Gasteiger partial charge < -0.3 is 0 Å². The van der Waals surface area contributed by atoms with E-state index in [0.717, 1.165) is 18.4 Å². The lowest BCUT2D eigenvalue weighted by Gasteiger charge is -2.23. The Morgan fingerprint density at radius 1 is 1.37 bits per heavy atom. The number of nitrogens with one attached hydrogen (secondary N) is 1. The predicted octanol–water partition coefficient (Wildman–Crippen LogP) is 4.59. The highest BCUT2D eigenvalue weighted by atomic mass is 35.5. The van der Waals surface area contributed by atoms with Crippen LogP contribution < -0.4 is 11.3 Å². The zero-order chi connectivity index (χ0) is 14.3. The number of hydrazine groups is 1. The summed E-state index contributed by atoms with van der Waals surface area (Å²) in [6.45, 7) is 4.39. The first-order chi connectivity index (χ1) is 9.12. The van der Waals surface area contributed by atoms with E-state index in [4.69, 9.17) is 17.4 Å². The van der Waals surface area contributed by atoms with Gasteiger partial charge in [0.1, 0.15) is 5.82 Å². The van der Waals surface area contributed by atoms with Crippen molar-refractivity contribution in [1.29, 1.82) is 0 Å². The van der Waals surface area contributed by atoms with Crippen LogP contribution in [-0.2, 0) is 0 Å². The van der Waals surface area contributed by atoms with Gasteiger partial charge in [0.15, 0.2) is 0 Å². The second kappa shape index (κ2) is 8.51. The minimum absolute atomic E-state index is 0.0186. The molecule has 0 aliphatic heterocycles. The summed E-state index contributed by atoms with van der Waals surface area (Å²) < 4.78 is 13.1. The normalized spacial score (nSPS) is 14.4. The molecule has 0 spiro atoms. The Hall–Kier alpha value is -0.640. The standard InChI is InChI=1S/C15H24ClFN2/c1-3-5-6-11(4-2)9-15(19-18)13-8-7-12(17)10-14(13)16/h7-8,10-11,15,19H,3-6,9,18H2,1-2H3. The van der Waals surface area contributed by atoms with Gasteiger partial charge in [0.2, 0.25) is 0 Å². The third kappa shape index (κ3) is 5.09. The summed E-state index contributed by atoms with van der Waals surface area (Å²) in [5.41, 5.74) is 3.69. The molecule has 0 aliphatic rings. The average Bonchev–Trinajstić information content (AvgIpc) is 2.40. The SMILES string of the molecule is CCCCC(CC)CC(NN)c1ccc(F)cc1Cl. The summed E-state index contributed by atoms with van der Waals surface area (Å²) in [7, 11) is 0. The number of benzene rings is 1. The number of unbranched alkanes of at least 4 members (excludes halogenated alkanes) is 1. The first-order valence-corrected chi connectivity index (χ1v) is 7.41. The van der Waals surface area contributed by atoms with Crippen molar-refractivity contribution >= 4 is 11.6 Å². The van der Waals surface area contributed by atoms with Crippen molar-refractivity contribution in [2.45, 2.75) is 52.0 Å². The van der Waals surface area contributed by atoms with Gasteiger partial charge >= 0.3 is 0 Å². The molecule has 3 N–H and O–H groups in total. The molecule has 0 bridgehead atoms. The van der Waals surface area contributed by atoms with Crippen LogP contribution in [-0.4, -0.2) is 0 Å². The highest BCUT2D eigenvalue weighted by Crippen LogP contribution is 2.30. The van der Waals surface area contributed by atoms with Crippen LogP contribution in [0, 0.1) is 11.7 Å². The van der Waals surface area contributed by atoms with Gasteiger partial charge in [-0.2, -0.15) is 0 Å². The van der Waals surface area contributed by atoms with Gasteiger partial charge in [-0.3, -0.25) is 11.3 Å². The molecule has 2 atom stereocenters. The third-order valence-corrected chi connectivity index (χ3v) is 3.98. The van der Waals surface area contributed by atoms with E-state index in [1.54, 1.807) is 6.07 Å². The molecule has 2 unspecified atom stereocenters. The van der Waals surface area contributed by atoms with Crippen LogP contribution >= 0.6 is 11.6 Å². The van der Waals surface area contributed by atoms with E-state index in [9.17, 15) is 4.39 Å². The summed E-state index contributed by atoms with van der Waals surface area (Å²) >= 11 is 6.10. The Labute approximate surface area is 120 Å². The molecule has 0 radical (unpaired) electrons.